The van der Waals surface area contributed by atoms with Crippen LogP contribution < -0.4 is 10.1 Å². The van der Waals surface area contributed by atoms with Crippen LogP contribution in [0.3, 0.4) is 0 Å². The molecular formula is C18H25N3O3. The van der Waals surface area contributed by atoms with Crippen LogP contribution in [0.4, 0.5) is 10.5 Å². The molecule has 0 bridgehead atoms. The fraction of sp³-hybridized carbons (Fsp3) is 0.556. The lowest BCUT2D eigenvalue weighted by atomic mass is 9.97. The summed E-state index contributed by atoms with van der Waals surface area (Å²) in [6.45, 7) is 2.95. The Morgan fingerprint density at radius 2 is 1.71 bits per heavy atom. The Morgan fingerprint density at radius 1 is 1.04 bits per heavy atom. The van der Waals surface area contributed by atoms with Crippen LogP contribution in [0.5, 0.6) is 5.75 Å². The molecule has 130 valence electrons. The van der Waals surface area contributed by atoms with Gasteiger partial charge >= 0.3 is 6.03 Å². The Labute approximate surface area is 142 Å². The summed E-state index contributed by atoms with van der Waals surface area (Å²) < 4.78 is 5.12. The van der Waals surface area contributed by atoms with E-state index in [0.717, 1.165) is 56.8 Å². The van der Waals surface area contributed by atoms with Gasteiger partial charge in [0.1, 0.15) is 5.75 Å². The molecule has 2 saturated heterocycles. The molecular weight excluding hydrogens is 306 g/mol. The van der Waals surface area contributed by atoms with Gasteiger partial charge in [-0.05, 0) is 49.9 Å². The first-order valence-electron chi connectivity index (χ1n) is 8.66. The molecule has 3 rings (SSSR count). The van der Waals surface area contributed by atoms with Crippen LogP contribution in [-0.2, 0) is 4.79 Å². The number of carbonyl (C=O) groups is 2. The number of rotatable bonds is 3. The Morgan fingerprint density at radius 3 is 2.38 bits per heavy atom. The number of urea groups is 1. The van der Waals surface area contributed by atoms with Crippen LogP contribution in [0.25, 0.3) is 0 Å². The summed E-state index contributed by atoms with van der Waals surface area (Å²) >= 11 is 0. The largest absolute Gasteiger partial charge is 0.497 e. The van der Waals surface area contributed by atoms with E-state index in [4.69, 9.17) is 4.74 Å². The highest BCUT2D eigenvalue weighted by molar-refractivity contribution is 5.93. The summed E-state index contributed by atoms with van der Waals surface area (Å²) in [5.41, 5.74) is 0.754. The van der Waals surface area contributed by atoms with E-state index in [1.165, 1.54) is 0 Å². The molecule has 0 spiro atoms. The van der Waals surface area contributed by atoms with Crippen molar-refractivity contribution in [1.82, 2.24) is 9.80 Å². The number of hydrogen-bond donors (Lipinski definition) is 1. The Bertz CT molecular complexity index is 582. The van der Waals surface area contributed by atoms with Crippen molar-refractivity contribution in [1.29, 1.82) is 0 Å². The number of carbonyl (C=O) groups excluding carboxylic acids is 2. The SMILES string of the molecule is COc1ccc(NC(=O)[C@H]2CCCN(C(=O)N3CCCC3)C2)cc1. The highest BCUT2D eigenvalue weighted by atomic mass is 16.5. The number of piperidine rings is 1. The third-order valence-electron chi connectivity index (χ3n) is 4.80. The molecule has 0 radical (unpaired) electrons. The first kappa shape index (κ1) is 16.6. The molecule has 2 aliphatic heterocycles. The van der Waals surface area contributed by atoms with Crippen LogP contribution in [0, 0.1) is 5.92 Å². The minimum absolute atomic E-state index is 0.0147. The molecule has 2 fully saturated rings. The van der Waals surface area contributed by atoms with Gasteiger partial charge in [-0.3, -0.25) is 4.79 Å². The maximum atomic E-state index is 12.5. The fourth-order valence-electron chi connectivity index (χ4n) is 3.39. The van der Waals surface area contributed by atoms with Crippen LogP contribution in [0.1, 0.15) is 25.7 Å². The number of benzene rings is 1. The predicted molar refractivity (Wildman–Crippen MR) is 92.1 cm³/mol. The van der Waals surface area contributed by atoms with E-state index in [2.05, 4.69) is 5.32 Å². The maximum absolute atomic E-state index is 12.5. The molecule has 1 N–H and O–H groups in total. The summed E-state index contributed by atoms with van der Waals surface area (Å²) in [5.74, 6) is 0.597. The van der Waals surface area contributed by atoms with Gasteiger partial charge in [0.2, 0.25) is 5.91 Å². The first-order chi connectivity index (χ1) is 11.7. The van der Waals surface area contributed by atoms with Gasteiger partial charge in [0.15, 0.2) is 0 Å². The van der Waals surface area contributed by atoms with E-state index >= 15 is 0 Å². The highest BCUT2D eigenvalue weighted by Crippen LogP contribution is 2.22. The van der Waals surface area contributed by atoms with Crippen molar-refractivity contribution in [2.75, 3.05) is 38.6 Å². The molecule has 1 atom stereocenters. The second-order valence-electron chi connectivity index (χ2n) is 6.48. The average Bonchev–Trinajstić information content (AvgIpc) is 3.16. The first-order valence-corrected chi connectivity index (χ1v) is 8.66. The lowest BCUT2D eigenvalue weighted by Gasteiger charge is -2.34. The third kappa shape index (κ3) is 3.80. The van der Waals surface area contributed by atoms with E-state index in [1.807, 2.05) is 34.1 Å². The van der Waals surface area contributed by atoms with E-state index in [1.54, 1.807) is 7.11 Å². The van der Waals surface area contributed by atoms with Crippen LogP contribution in [-0.4, -0.2) is 55.0 Å². The minimum atomic E-state index is -0.146. The van der Waals surface area contributed by atoms with E-state index in [0.29, 0.717) is 6.54 Å². The quantitative estimate of drug-likeness (QED) is 0.926. The number of hydrogen-bond acceptors (Lipinski definition) is 3. The summed E-state index contributed by atoms with van der Waals surface area (Å²) in [6, 6.07) is 7.38. The van der Waals surface area contributed by atoms with Crippen LogP contribution >= 0.6 is 0 Å². The number of ether oxygens (including phenoxy) is 1. The van der Waals surface area contributed by atoms with Gasteiger partial charge in [-0.2, -0.15) is 0 Å². The van der Waals surface area contributed by atoms with Crippen molar-refractivity contribution < 1.29 is 14.3 Å². The summed E-state index contributed by atoms with van der Waals surface area (Å²) in [5, 5.41) is 2.95. The van der Waals surface area contributed by atoms with Crippen molar-refractivity contribution in [3.63, 3.8) is 0 Å². The Balaban J connectivity index is 1.56. The molecule has 2 aliphatic rings. The van der Waals surface area contributed by atoms with Gasteiger partial charge in [-0.15, -0.1) is 0 Å². The summed E-state index contributed by atoms with van der Waals surface area (Å²) in [4.78, 5) is 28.8. The van der Waals surface area contributed by atoms with Gasteiger partial charge in [0, 0.05) is 31.9 Å². The molecule has 6 heteroatoms. The molecule has 0 aromatic heterocycles. The monoisotopic (exact) mass is 331 g/mol. The van der Waals surface area contributed by atoms with E-state index in [9.17, 15) is 9.59 Å². The Kier molecular flexibility index (Phi) is 5.23. The zero-order chi connectivity index (χ0) is 16.9. The molecule has 24 heavy (non-hydrogen) atoms. The van der Waals surface area contributed by atoms with Crippen molar-refractivity contribution >= 4 is 17.6 Å². The molecule has 0 saturated carbocycles. The molecule has 3 amide bonds. The normalized spacial score (nSPS) is 20.8. The lowest BCUT2D eigenvalue weighted by molar-refractivity contribution is -0.121. The molecule has 6 nitrogen and oxygen atoms in total. The van der Waals surface area contributed by atoms with Crippen LogP contribution in [0.2, 0.25) is 0 Å². The van der Waals surface area contributed by atoms with Crippen molar-refractivity contribution in [2.24, 2.45) is 5.92 Å². The van der Waals surface area contributed by atoms with Gasteiger partial charge in [0.05, 0.1) is 13.0 Å². The topological polar surface area (TPSA) is 61.9 Å². The van der Waals surface area contributed by atoms with Gasteiger partial charge in [0.25, 0.3) is 0 Å². The zero-order valence-corrected chi connectivity index (χ0v) is 14.2. The van der Waals surface area contributed by atoms with Crippen molar-refractivity contribution in [3.8, 4) is 5.75 Å². The van der Waals surface area contributed by atoms with E-state index < -0.39 is 0 Å². The summed E-state index contributed by atoms with van der Waals surface area (Å²) in [7, 11) is 1.61. The second-order valence-corrected chi connectivity index (χ2v) is 6.48. The van der Waals surface area contributed by atoms with Gasteiger partial charge in [-0.1, -0.05) is 0 Å². The summed E-state index contributed by atoms with van der Waals surface area (Å²) in [6.07, 6.45) is 3.87. The predicted octanol–water partition coefficient (Wildman–Crippen LogP) is 2.56. The molecule has 0 aliphatic carbocycles. The Hall–Kier alpha value is -2.24. The number of anilines is 1. The standard InChI is InChI=1S/C18H25N3O3/c1-24-16-8-6-15(7-9-16)19-17(22)14-5-4-12-21(13-14)18(23)20-10-2-3-11-20/h6-9,14H,2-5,10-13H2,1H3,(H,19,22)/t14-/m0/s1. The van der Waals surface area contributed by atoms with Crippen molar-refractivity contribution in [2.45, 2.75) is 25.7 Å². The maximum Gasteiger partial charge on any atom is 0.320 e. The smallest absolute Gasteiger partial charge is 0.320 e. The fourth-order valence-corrected chi connectivity index (χ4v) is 3.39. The third-order valence-corrected chi connectivity index (χ3v) is 4.80. The van der Waals surface area contributed by atoms with E-state index in [-0.39, 0.29) is 17.9 Å². The van der Waals surface area contributed by atoms with Gasteiger partial charge < -0.3 is 19.9 Å². The minimum Gasteiger partial charge on any atom is -0.497 e. The number of nitrogens with one attached hydrogen (secondary N) is 1. The number of nitrogens with zero attached hydrogens (tertiary/aromatic N) is 2. The molecule has 2 heterocycles. The highest BCUT2D eigenvalue weighted by Gasteiger charge is 2.31. The van der Waals surface area contributed by atoms with Crippen molar-refractivity contribution in [3.05, 3.63) is 24.3 Å². The molecule has 0 unspecified atom stereocenters. The molecule has 1 aromatic rings. The molecule has 1 aromatic carbocycles. The number of amides is 3. The van der Waals surface area contributed by atoms with Gasteiger partial charge in [-0.25, -0.2) is 4.79 Å². The lowest BCUT2D eigenvalue weighted by Crippen LogP contribution is -2.48. The average molecular weight is 331 g/mol. The number of likely N-dealkylation sites (tertiary alicyclic amines) is 2. The van der Waals surface area contributed by atoms with Crippen LogP contribution in [0.15, 0.2) is 24.3 Å². The second kappa shape index (κ2) is 7.55. The zero-order valence-electron chi connectivity index (χ0n) is 14.2. The number of methoxy groups -OCH3 is 1.